The highest BCUT2D eigenvalue weighted by Crippen LogP contribution is 2.30. The van der Waals surface area contributed by atoms with Crippen LogP contribution in [0.3, 0.4) is 0 Å². The zero-order chi connectivity index (χ0) is 11.2. The lowest BCUT2D eigenvalue weighted by Gasteiger charge is -2.04. The normalized spacial score (nSPS) is 12.3. The number of hydrogen-bond donors (Lipinski definition) is 2. The molecule has 2 aromatic rings. The van der Waals surface area contributed by atoms with Crippen LogP contribution in [0.15, 0.2) is 0 Å². The Morgan fingerprint density at radius 3 is 2.53 bits per heavy atom. The zero-order valence-electron chi connectivity index (χ0n) is 6.80. The molecule has 0 atom stereocenters. The third kappa shape index (κ3) is 1.70. The number of aromatic hydroxyl groups is 1. The average molecular weight is 330 g/mol. The number of hydrogen-bond acceptors (Lipinski definition) is 4. The quantitative estimate of drug-likeness (QED) is 0.721. The summed E-state index contributed by atoms with van der Waals surface area (Å²) in [5.74, 6) is -2.14. The van der Waals surface area contributed by atoms with Crippen LogP contribution in [0.1, 0.15) is 5.82 Å². The second kappa shape index (κ2) is 3.18. The van der Waals surface area contributed by atoms with Crippen LogP contribution in [0.4, 0.5) is 13.2 Å². The van der Waals surface area contributed by atoms with Crippen molar-refractivity contribution in [2.45, 2.75) is 6.18 Å². The van der Waals surface area contributed by atoms with E-state index in [-0.39, 0.29) is 14.7 Å². The van der Waals surface area contributed by atoms with Gasteiger partial charge in [-0.15, -0.1) is 0 Å². The summed E-state index contributed by atoms with van der Waals surface area (Å²) < 4.78 is 37.0. The van der Waals surface area contributed by atoms with Crippen molar-refractivity contribution >= 4 is 33.6 Å². The van der Waals surface area contributed by atoms with Crippen LogP contribution in [-0.4, -0.2) is 25.3 Å². The lowest BCUT2D eigenvalue weighted by atomic mass is 10.4. The number of alkyl halides is 3. The Morgan fingerprint density at radius 1 is 1.27 bits per heavy atom. The summed E-state index contributed by atoms with van der Waals surface area (Å²) in [5, 5.41) is 15.1. The molecular formula is C6H2F3IN4O. The van der Waals surface area contributed by atoms with E-state index in [1.165, 1.54) is 0 Å². The number of rotatable bonds is 0. The molecule has 2 heterocycles. The minimum absolute atomic E-state index is 0.00704. The molecule has 0 spiro atoms. The number of H-pyrrole nitrogens is 1. The van der Waals surface area contributed by atoms with Crippen LogP contribution in [0, 0.1) is 3.70 Å². The maximum absolute atomic E-state index is 12.3. The van der Waals surface area contributed by atoms with E-state index in [0.717, 1.165) is 0 Å². The molecule has 2 rings (SSSR count). The SMILES string of the molecule is Oc1nc(C(F)(F)F)nc2c(I)n[nH]c12. The number of halogens is 4. The van der Waals surface area contributed by atoms with Gasteiger partial charge in [-0.2, -0.15) is 23.3 Å². The summed E-state index contributed by atoms with van der Waals surface area (Å²) >= 11 is 1.70. The van der Waals surface area contributed by atoms with E-state index in [4.69, 9.17) is 0 Å². The Hall–Kier alpha value is -1.13. The zero-order valence-corrected chi connectivity index (χ0v) is 8.96. The van der Waals surface area contributed by atoms with E-state index in [9.17, 15) is 18.3 Å². The molecule has 0 bridgehead atoms. The number of nitrogens with zero attached hydrogens (tertiary/aromatic N) is 3. The van der Waals surface area contributed by atoms with Crippen molar-refractivity contribution < 1.29 is 18.3 Å². The molecule has 0 aliphatic rings. The fraction of sp³-hybridized carbons (Fsp3) is 0.167. The molecular weight excluding hydrogens is 328 g/mol. The van der Waals surface area contributed by atoms with E-state index in [1.807, 2.05) is 0 Å². The van der Waals surface area contributed by atoms with E-state index >= 15 is 0 Å². The molecule has 0 amide bonds. The Kier molecular flexibility index (Phi) is 2.20. The van der Waals surface area contributed by atoms with Crippen molar-refractivity contribution in [3.63, 3.8) is 0 Å². The first-order valence-electron chi connectivity index (χ1n) is 3.57. The number of aromatic amines is 1. The Bertz CT molecular complexity index is 523. The molecule has 0 aliphatic heterocycles. The molecule has 0 aliphatic carbocycles. The van der Waals surface area contributed by atoms with Crippen LogP contribution < -0.4 is 0 Å². The Morgan fingerprint density at radius 2 is 1.93 bits per heavy atom. The van der Waals surface area contributed by atoms with E-state index in [0.29, 0.717) is 0 Å². The molecule has 9 heteroatoms. The standard InChI is InChI=1S/C6H2F3IN4O/c7-6(8,9)5-11-1-2(4(15)12-5)13-14-3(1)10/h(H,13,14)(H,11,12,15). The second-order valence-corrected chi connectivity index (χ2v) is 3.63. The van der Waals surface area contributed by atoms with E-state index in [1.54, 1.807) is 22.6 Å². The third-order valence-corrected chi connectivity index (χ3v) is 2.36. The maximum atomic E-state index is 12.3. The molecule has 0 saturated heterocycles. The smallest absolute Gasteiger partial charge is 0.451 e. The summed E-state index contributed by atoms with van der Waals surface area (Å²) in [6.07, 6.45) is -4.69. The van der Waals surface area contributed by atoms with Crippen LogP contribution in [0.5, 0.6) is 5.88 Å². The van der Waals surface area contributed by atoms with Crippen molar-refractivity contribution in [2.75, 3.05) is 0 Å². The topological polar surface area (TPSA) is 74.7 Å². The highest BCUT2D eigenvalue weighted by molar-refractivity contribution is 14.1. The largest absolute Gasteiger partial charge is 0.492 e. The van der Waals surface area contributed by atoms with Gasteiger partial charge in [-0.05, 0) is 22.6 Å². The Balaban J connectivity index is 2.76. The molecule has 2 N–H and O–H groups in total. The summed E-state index contributed by atoms with van der Waals surface area (Å²) in [6, 6.07) is 0. The predicted octanol–water partition coefficient (Wildman–Crippen LogP) is 1.68. The maximum Gasteiger partial charge on any atom is 0.451 e. The molecule has 5 nitrogen and oxygen atoms in total. The summed E-state index contributed by atoms with van der Waals surface area (Å²) in [5.41, 5.74) is -0.0529. The van der Waals surface area contributed by atoms with Gasteiger partial charge in [-0.1, -0.05) is 0 Å². The van der Waals surface area contributed by atoms with Crippen LogP contribution in [0.25, 0.3) is 11.0 Å². The lowest BCUT2D eigenvalue weighted by molar-refractivity contribution is -0.145. The van der Waals surface area contributed by atoms with Gasteiger partial charge in [0.2, 0.25) is 11.7 Å². The van der Waals surface area contributed by atoms with Crippen molar-refractivity contribution in [2.24, 2.45) is 0 Å². The van der Waals surface area contributed by atoms with Crippen LogP contribution in [-0.2, 0) is 6.18 Å². The minimum Gasteiger partial charge on any atom is -0.492 e. The fourth-order valence-corrected chi connectivity index (χ4v) is 1.50. The number of aromatic nitrogens is 4. The third-order valence-electron chi connectivity index (χ3n) is 1.60. The highest BCUT2D eigenvalue weighted by atomic mass is 127. The molecule has 0 aromatic carbocycles. The van der Waals surface area contributed by atoms with E-state index < -0.39 is 17.9 Å². The molecule has 80 valence electrons. The van der Waals surface area contributed by atoms with Crippen LogP contribution in [0.2, 0.25) is 0 Å². The summed E-state index contributed by atoms with van der Waals surface area (Å²) in [6.45, 7) is 0. The first-order valence-corrected chi connectivity index (χ1v) is 4.65. The van der Waals surface area contributed by atoms with Gasteiger partial charge in [-0.25, -0.2) is 4.98 Å². The van der Waals surface area contributed by atoms with Crippen molar-refractivity contribution in [1.82, 2.24) is 20.2 Å². The molecule has 0 fully saturated rings. The van der Waals surface area contributed by atoms with Crippen LogP contribution >= 0.6 is 22.6 Å². The van der Waals surface area contributed by atoms with Crippen molar-refractivity contribution in [3.8, 4) is 5.88 Å². The van der Waals surface area contributed by atoms with Gasteiger partial charge in [-0.3, -0.25) is 5.10 Å². The molecule has 0 radical (unpaired) electrons. The van der Waals surface area contributed by atoms with Gasteiger partial charge in [0.25, 0.3) is 0 Å². The van der Waals surface area contributed by atoms with Crippen molar-refractivity contribution in [1.29, 1.82) is 0 Å². The van der Waals surface area contributed by atoms with E-state index in [2.05, 4.69) is 20.2 Å². The van der Waals surface area contributed by atoms with Gasteiger partial charge < -0.3 is 5.11 Å². The predicted molar refractivity (Wildman–Crippen MR) is 51.1 cm³/mol. The minimum atomic E-state index is -4.69. The fourth-order valence-electron chi connectivity index (χ4n) is 0.986. The van der Waals surface area contributed by atoms with Crippen molar-refractivity contribution in [3.05, 3.63) is 9.53 Å². The van der Waals surface area contributed by atoms with Gasteiger partial charge in [0.05, 0.1) is 0 Å². The lowest BCUT2D eigenvalue weighted by Crippen LogP contribution is -2.10. The Labute approximate surface area is 93.9 Å². The molecule has 2 aromatic heterocycles. The number of nitrogens with one attached hydrogen (secondary N) is 1. The first kappa shape index (κ1) is 10.4. The first-order chi connectivity index (χ1) is 6.89. The van der Waals surface area contributed by atoms with Gasteiger partial charge in [0.15, 0.2) is 0 Å². The molecule has 15 heavy (non-hydrogen) atoms. The average Bonchev–Trinajstić information content (AvgIpc) is 2.47. The highest BCUT2D eigenvalue weighted by Gasteiger charge is 2.36. The monoisotopic (exact) mass is 330 g/mol. The second-order valence-electron chi connectivity index (χ2n) is 2.61. The van der Waals surface area contributed by atoms with Gasteiger partial charge in [0.1, 0.15) is 14.7 Å². The molecule has 0 unspecified atom stereocenters. The number of fused-ring (bicyclic) bond motifs is 1. The van der Waals surface area contributed by atoms with Gasteiger partial charge in [0, 0.05) is 0 Å². The van der Waals surface area contributed by atoms with Gasteiger partial charge >= 0.3 is 6.18 Å². The summed E-state index contributed by atoms with van der Waals surface area (Å²) in [4.78, 5) is 6.20. The summed E-state index contributed by atoms with van der Waals surface area (Å²) in [7, 11) is 0. The molecule has 0 saturated carbocycles.